The summed E-state index contributed by atoms with van der Waals surface area (Å²) >= 11 is 0. The van der Waals surface area contributed by atoms with Gasteiger partial charge in [0.25, 0.3) is 0 Å². The fraction of sp³-hybridized carbons (Fsp3) is 0.929. The quantitative estimate of drug-likeness (QED) is 0.687. The molecule has 106 valence electrons. The lowest BCUT2D eigenvalue weighted by Gasteiger charge is -2.27. The number of carboxylic acid groups (broad SMARTS) is 1. The van der Waals surface area contributed by atoms with Crippen LogP contribution in [0.15, 0.2) is 0 Å². The minimum Gasteiger partial charge on any atom is -0.481 e. The van der Waals surface area contributed by atoms with E-state index in [4.69, 9.17) is 9.84 Å². The molecule has 1 fully saturated rings. The Hall–Kier alpha value is -0.610. The Labute approximate surface area is 110 Å². The molecule has 0 saturated heterocycles. The minimum absolute atomic E-state index is 0.0615. The van der Waals surface area contributed by atoms with Crippen molar-refractivity contribution in [1.82, 2.24) is 5.32 Å². The summed E-state index contributed by atoms with van der Waals surface area (Å²) in [5, 5.41) is 12.4. The fourth-order valence-corrected chi connectivity index (χ4v) is 2.41. The highest BCUT2D eigenvalue weighted by molar-refractivity contribution is 5.69. The van der Waals surface area contributed by atoms with Crippen LogP contribution in [0.25, 0.3) is 0 Å². The van der Waals surface area contributed by atoms with Crippen molar-refractivity contribution in [3.8, 4) is 0 Å². The summed E-state index contributed by atoms with van der Waals surface area (Å²) in [5.41, 5.74) is -0.0615. The highest BCUT2D eigenvalue weighted by Gasteiger charge is 2.25. The number of carboxylic acids is 1. The van der Waals surface area contributed by atoms with Crippen molar-refractivity contribution >= 4 is 5.97 Å². The molecule has 0 heterocycles. The summed E-state index contributed by atoms with van der Waals surface area (Å²) in [6.07, 6.45) is 4.75. The number of rotatable bonds is 7. The molecule has 0 aromatic rings. The van der Waals surface area contributed by atoms with Gasteiger partial charge in [-0.1, -0.05) is 0 Å². The number of aliphatic carboxylic acids is 1. The Balaban J connectivity index is 2.10. The van der Waals surface area contributed by atoms with Gasteiger partial charge in [-0.3, -0.25) is 4.79 Å². The van der Waals surface area contributed by atoms with Crippen molar-refractivity contribution in [2.45, 2.75) is 51.6 Å². The van der Waals surface area contributed by atoms with Crippen LogP contribution < -0.4 is 5.32 Å². The van der Waals surface area contributed by atoms with Crippen LogP contribution in [0, 0.1) is 11.8 Å². The SMILES string of the molecule is COC(C)(C)CCNCC1CCC(C(=O)O)CC1. The molecular formula is C14H27NO3. The highest BCUT2D eigenvalue weighted by atomic mass is 16.5. The van der Waals surface area contributed by atoms with Crippen LogP contribution in [0.2, 0.25) is 0 Å². The standard InChI is InChI=1S/C14H27NO3/c1-14(2,18-3)8-9-15-10-11-4-6-12(7-5-11)13(16)17/h11-12,15H,4-10H2,1-3H3,(H,16,17). The molecule has 1 aliphatic carbocycles. The van der Waals surface area contributed by atoms with E-state index in [0.29, 0.717) is 5.92 Å². The normalized spacial score (nSPS) is 25.1. The van der Waals surface area contributed by atoms with E-state index in [1.807, 2.05) is 0 Å². The van der Waals surface area contributed by atoms with Crippen LogP contribution in [-0.2, 0) is 9.53 Å². The molecule has 0 aromatic heterocycles. The van der Waals surface area contributed by atoms with Crippen LogP contribution in [0.3, 0.4) is 0 Å². The first kappa shape index (κ1) is 15.4. The van der Waals surface area contributed by atoms with Gasteiger partial charge in [-0.05, 0) is 65.0 Å². The lowest BCUT2D eigenvalue weighted by molar-refractivity contribution is -0.143. The Morgan fingerprint density at radius 2 is 1.94 bits per heavy atom. The summed E-state index contributed by atoms with van der Waals surface area (Å²) in [7, 11) is 1.74. The number of hydrogen-bond donors (Lipinski definition) is 2. The second-order valence-electron chi connectivity index (χ2n) is 5.97. The van der Waals surface area contributed by atoms with Gasteiger partial charge < -0.3 is 15.2 Å². The summed E-state index contributed by atoms with van der Waals surface area (Å²) in [6, 6.07) is 0. The molecule has 4 heteroatoms. The van der Waals surface area contributed by atoms with Crippen LogP contribution in [0.1, 0.15) is 46.0 Å². The number of hydrogen-bond acceptors (Lipinski definition) is 3. The largest absolute Gasteiger partial charge is 0.481 e. The Bertz CT molecular complexity index is 258. The third-order valence-corrected chi connectivity index (χ3v) is 4.09. The molecule has 1 saturated carbocycles. The van der Waals surface area contributed by atoms with Crippen molar-refractivity contribution < 1.29 is 14.6 Å². The summed E-state index contributed by atoms with van der Waals surface area (Å²) in [4.78, 5) is 10.8. The molecule has 1 rings (SSSR count). The average molecular weight is 257 g/mol. The summed E-state index contributed by atoms with van der Waals surface area (Å²) in [6.45, 7) is 6.14. The number of carbonyl (C=O) groups is 1. The van der Waals surface area contributed by atoms with Crippen molar-refractivity contribution in [1.29, 1.82) is 0 Å². The van der Waals surface area contributed by atoms with E-state index in [1.54, 1.807) is 7.11 Å². The topological polar surface area (TPSA) is 58.6 Å². The molecule has 0 spiro atoms. The van der Waals surface area contributed by atoms with E-state index < -0.39 is 5.97 Å². The smallest absolute Gasteiger partial charge is 0.306 e. The molecule has 0 aromatic carbocycles. The molecule has 0 amide bonds. The van der Waals surface area contributed by atoms with Gasteiger partial charge in [0, 0.05) is 7.11 Å². The molecule has 0 atom stereocenters. The zero-order valence-electron chi connectivity index (χ0n) is 11.9. The van der Waals surface area contributed by atoms with Gasteiger partial charge in [-0.25, -0.2) is 0 Å². The van der Waals surface area contributed by atoms with E-state index in [9.17, 15) is 4.79 Å². The van der Waals surface area contributed by atoms with E-state index in [2.05, 4.69) is 19.2 Å². The maximum absolute atomic E-state index is 10.8. The van der Waals surface area contributed by atoms with Crippen LogP contribution in [0.4, 0.5) is 0 Å². The average Bonchev–Trinajstić information content (AvgIpc) is 2.35. The Morgan fingerprint density at radius 1 is 1.33 bits per heavy atom. The van der Waals surface area contributed by atoms with Gasteiger partial charge in [0.15, 0.2) is 0 Å². The molecule has 1 aliphatic rings. The number of ether oxygens (including phenoxy) is 1. The zero-order chi connectivity index (χ0) is 13.6. The van der Waals surface area contributed by atoms with Crippen molar-refractivity contribution in [3.05, 3.63) is 0 Å². The molecule has 0 radical (unpaired) electrons. The van der Waals surface area contributed by atoms with Crippen molar-refractivity contribution in [3.63, 3.8) is 0 Å². The zero-order valence-corrected chi connectivity index (χ0v) is 11.9. The van der Waals surface area contributed by atoms with E-state index in [1.165, 1.54) is 0 Å². The van der Waals surface area contributed by atoms with Gasteiger partial charge >= 0.3 is 5.97 Å². The van der Waals surface area contributed by atoms with Crippen LogP contribution >= 0.6 is 0 Å². The summed E-state index contributed by atoms with van der Waals surface area (Å²) < 4.78 is 5.36. The second kappa shape index (κ2) is 7.10. The van der Waals surface area contributed by atoms with Gasteiger partial charge in [-0.15, -0.1) is 0 Å². The van der Waals surface area contributed by atoms with E-state index >= 15 is 0 Å². The number of nitrogens with one attached hydrogen (secondary N) is 1. The van der Waals surface area contributed by atoms with Gasteiger partial charge in [0.2, 0.25) is 0 Å². The Kier molecular flexibility index (Phi) is 6.09. The van der Waals surface area contributed by atoms with Crippen molar-refractivity contribution in [2.75, 3.05) is 20.2 Å². The van der Waals surface area contributed by atoms with Crippen LogP contribution in [-0.4, -0.2) is 36.9 Å². The molecule has 0 unspecified atom stereocenters. The highest BCUT2D eigenvalue weighted by Crippen LogP contribution is 2.28. The first-order valence-corrected chi connectivity index (χ1v) is 6.93. The Morgan fingerprint density at radius 3 is 2.44 bits per heavy atom. The number of methoxy groups -OCH3 is 1. The van der Waals surface area contributed by atoms with E-state index in [-0.39, 0.29) is 11.5 Å². The molecular weight excluding hydrogens is 230 g/mol. The maximum Gasteiger partial charge on any atom is 0.306 e. The van der Waals surface area contributed by atoms with Gasteiger partial charge in [0.1, 0.15) is 0 Å². The third-order valence-electron chi connectivity index (χ3n) is 4.09. The van der Waals surface area contributed by atoms with Gasteiger partial charge in [-0.2, -0.15) is 0 Å². The van der Waals surface area contributed by atoms with Gasteiger partial charge in [0.05, 0.1) is 11.5 Å². The van der Waals surface area contributed by atoms with Crippen LogP contribution in [0.5, 0.6) is 0 Å². The second-order valence-corrected chi connectivity index (χ2v) is 5.97. The monoisotopic (exact) mass is 257 g/mol. The molecule has 0 bridgehead atoms. The fourth-order valence-electron chi connectivity index (χ4n) is 2.41. The predicted molar refractivity (Wildman–Crippen MR) is 71.7 cm³/mol. The maximum atomic E-state index is 10.8. The predicted octanol–water partition coefficient (Wildman–Crippen LogP) is 2.28. The molecule has 0 aliphatic heterocycles. The van der Waals surface area contributed by atoms with Crippen molar-refractivity contribution in [2.24, 2.45) is 11.8 Å². The first-order chi connectivity index (χ1) is 8.44. The third kappa shape index (κ3) is 5.36. The molecule has 18 heavy (non-hydrogen) atoms. The lowest BCUT2D eigenvalue weighted by atomic mass is 9.82. The first-order valence-electron chi connectivity index (χ1n) is 6.93. The lowest BCUT2D eigenvalue weighted by Crippen LogP contribution is -2.33. The molecule has 4 nitrogen and oxygen atoms in total. The minimum atomic E-state index is -0.622. The summed E-state index contributed by atoms with van der Waals surface area (Å²) in [5.74, 6) is -0.0804. The molecule has 2 N–H and O–H groups in total. The van der Waals surface area contributed by atoms with E-state index in [0.717, 1.165) is 45.2 Å².